The van der Waals surface area contributed by atoms with Crippen molar-refractivity contribution in [3.8, 4) is 0 Å². The van der Waals surface area contributed by atoms with Crippen LogP contribution in [-0.4, -0.2) is 24.3 Å². The van der Waals surface area contributed by atoms with E-state index in [1.165, 1.54) is 6.92 Å². The lowest BCUT2D eigenvalue weighted by molar-refractivity contribution is -0.129. The second-order valence-electron chi connectivity index (χ2n) is 3.04. The molecule has 0 aromatic rings. The number of nitrogens with one attached hydrogen (secondary N) is 1. The zero-order valence-corrected chi connectivity index (χ0v) is 8.14. The highest BCUT2D eigenvalue weighted by Gasteiger charge is 2.03. The normalized spacial score (nSPS) is 9.57. The minimum atomic E-state index is -1.35. The topological polar surface area (TPSA) is 63.2 Å². The molecule has 0 atom stereocenters. The van der Waals surface area contributed by atoms with Crippen LogP contribution in [0.1, 0.15) is 32.6 Å². The fourth-order valence-electron chi connectivity index (χ4n) is 0.861. The lowest BCUT2D eigenvalue weighted by Crippen LogP contribution is -2.27. The summed E-state index contributed by atoms with van der Waals surface area (Å²) >= 11 is 0. The number of carbonyl (C=O) groups excluding carboxylic acids is 3. The van der Waals surface area contributed by atoms with Gasteiger partial charge in [-0.2, -0.15) is 4.39 Å². The van der Waals surface area contributed by atoms with Crippen LogP contribution < -0.4 is 5.32 Å². The molecule has 1 N–H and O–H groups in total. The Morgan fingerprint density at radius 1 is 1.14 bits per heavy atom. The highest BCUT2D eigenvalue weighted by atomic mass is 19.1. The van der Waals surface area contributed by atoms with Gasteiger partial charge in [0.25, 0.3) is 0 Å². The third-order valence-corrected chi connectivity index (χ3v) is 1.56. The maximum Gasteiger partial charge on any atom is 0.301 e. The van der Waals surface area contributed by atoms with Gasteiger partial charge in [0.1, 0.15) is 5.78 Å². The Kier molecular flexibility index (Phi) is 6.53. The first-order valence-electron chi connectivity index (χ1n) is 4.47. The van der Waals surface area contributed by atoms with Crippen LogP contribution in [-0.2, 0) is 14.4 Å². The summed E-state index contributed by atoms with van der Waals surface area (Å²) in [5.41, 5.74) is 0. The van der Waals surface area contributed by atoms with E-state index in [-0.39, 0.29) is 31.1 Å². The Morgan fingerprint density at radius 2 is 1.71 bits per heavy atom. The zero-order valence-electron chi connectivity index (χ0n) is 8.14. The van der Waals surface area contributed by atoms with Crippen LogP contribution in [0.2, 0.25) is 0 Å². The summed E-state index contributed by atoms with van der Waals surface area (Å²) in [6, 6.07) is -1.35. The SMILES string of the molecule is CC(=O)CNC(=O)CCCCC(=O)F. The molecule has 0 aliphatic heterocycles. The molecular formula is C9H14FNO3. The number of Topliss-reactive ketones (excluding diaryl/α,β-unsaturated/α-hetero) is 1. The summed E-state index contributed by atoms with van der Waals surface area (Å²) in [7, 11) is 0. The number of rotatable bonds is 7. The monoisotopic (exact) mass is 203 g/mol. The predicted molar refractivity (Wildman–Crippen MR) is 48.3 cm³/mol. The van der Waals surface area contributed by atoms with Gasteiger partial charge in [-0.15, -0.1) is 0 Å². The first kappa shape index (κ1) is 12.7. The molecule has 0 bridgehead atoms. The molecule has 5 heteroatoms. The smallest absolute Gasteiger partial charge is 0.301 e. The van der Waals surface area contributed by atoms with E-state index in [2.05, 4.69) is 5.32 Å². The summed E-state index contributed by atoms with van der Waals surface area (Å²) in [5, 5.41) is 2.40. The van der Waals surface area contributed by atoms with Crippen molar-refractivity contribution in [1.82, 2.24) is 5.32 Å². The Labute approximate surface area is 81.9 Å². The number of hydrogen-bond donors (Lipinski definition) is 1. The molecule has 0 aromatic heterocycles. The Balaban J connectivity index is 3.36. The Hall–Kier alpha value is -1.26. The van der Waals surface area contributed by atoms with Crippen LogP contribution in [0.15, 0.2) is 0 Å². The standard InChI is InChI=1S/C9H14FNO3/c1-7(12)6-11-9(14)5-3-2-4-8(10)13/h2-6H2,1H3,(H,11,14). The maximum absolute atomic E-state index is 11.7. The molecule has 0 aliphatic rings. The van der Waals surface area contributed by atoms with Gasteiger partial charge in [0, 0.05) is 12.8 Å². The van der Waals surface area contributed by atoms with E-state index in [4.69, 9.17) is 0 Å². The number of carbonyl (C=O) groups is 3. The summed E-state index contributed by atoms with van der Waals surface area (Å²) in [6.45, 7) is 1.41. The fourth-order valence-corrected chi connectivity index (χ4v) is 0.861. The highest BCUT2D eigenvalue weighted by molar-refractivity contribution is 5.84. The van der Waals surface area contributed by atoms with Gasteiger partial charge in [-0.05, 0) is 19.8 Å². The summed E-state index contributed by atoms with van der Waals surface area (Å²) < 4.78 is 11.7. The van der Waals surface area contributed by atoms with Gasteiger partial charge >= 0.3 is 6.04 Å². The summed E-state index contributed by atoms with van der Waals surface area (Å²) in [5.74, 6) is -0.358. The zero-order chi connectivity index (χ0) is 11.0. The van der Waals surface area contributed by atoms with Gasteiger partial charge in [-0.1, -0.05) is 0 Å². The number of amides is 1. The Morgan fingerprint density at radius 3 is 2.21 bits per heavy atom. The lowest BCUT2D eigenvalue weighted by atomic mass is 10.2. The third-order valence-electron chi connectivity index (χ3n) is 1.56. The second kappa shape index (κ2) is 7.17. The van der Waals surface area contributed by atoms with E-state index in [0.29, 0.717) is 12.8 Å². The van der Waals surface area contributed by atoms with Crippen LogP contribution in [0, 0.1) is 0 Å². The molecular weight excluding hydrogens is 189 g/mol. The van der Waals surface area contributed by atoms with E-state index in [0.717, 1.165) is 0 Å². The molecule has 0 unspecified atom stereocenters. The lowest BCUT2D eigenvalue weighted by Gasteiger charge is -2.01. The molecule has 0 radical (unpaired) electrons. The minimum absolute atomic E-state index is 0.0286. The molecule has 0 fully saturated rings. The van der Waals surface area contributed by atoms with E-state index < -0.39 is 6.04 Å². The molecule has 0 aliphatic carbocycles. The molecule has 0 saturated heterocycles. The quantitative estimate of drug-likeness (QED) is 0.490. The van der Waals surface area contributed by atoms with Gasteiger partial charge in [0.2, 0.25) is 5.91 Å². The van der Waals surface area contributed by atoms with E-state index in [9.17, 15) is 18.8 Å². The largest absolute Gasteiger partial charge is 0.349 e. The average molecular weight is 203 g/mol. The van der Waals surface area contributed by atoms with Crippen molar-refractivity contribution in [3.05, 3.63) is 0 Å². The molecule has 4 nitrogen and oxygen atoms in total. The van der Waals surface area contributed by atoms with Crippen molar-refractivity contribution < 1.29 is 18.8 Å². The van der Waals surface area contributed by atoms with E-state index in [1.807, 2.05) is 0 Å². The molecule has 80 valence electrons. The summed E-state index contributed by atoms with van der Waals surface area (Å²) in [4.78, 5) is 31.3. The van der Waals surface area contributed by atoms with Gasteiger partial charge in [-0.3, -0.25) is 14.4 Å². The van der Waals surface area contributed by atoms with Crippen LogP contribution in [0.25, 0.3) is 0 Å². The Bertz CT molecular complexity index is 228. The number of hydrogen-bond acceptors (Lipinski definition) is 3. The van der Waals surface area contributed by atoms with Crippen molar-refractivity contribution in [2.45, 2.75) is 32.6 Å². The second-order valence-corrected chi connectivity index (χ2v) is 3.04. The van der Waals surface area contributed by atoms with Gasteiger partial charge < -0.3 is 5.32 Å². The van der Waals surface area contributed by atoms with Crippen LogP contribution in [0.3, 0.4) is 0 Å². The number of halogens is 1. The number of unbranched alkanes of at least 4 members (excludes halogenated alkanes) is 1. The maximum atomic E-state index is 11.7. The first-order chi connectivity index (χ1) is 6.52. The van der Waals surface area contributed by atoms with Crippen molar-refractivity contribution in [3.63, 3.8) is 0 Å². The first-order valence-corrected chi connectivity index (χ1v) is 4.47. The van der Waals surface area contributed by atoms with Crippen molar-refractivity contribution >= 4 is 17.7 Å². The van der Waals surface area contributed by atoms with Gasteiger partial charge in [0.15, 0.2) is 0 Å². The van der Waals surface area contributed by atoms with Gasteiger partial charge in [0.05, 0.1) is 6.54 Å². The highest BCUT2D eigenvalue weighted by Crippen LogP contribution is 2.00. The average Bonchev–Trinajstić information content (AvgIpc) is 2.08. The van der Waals surface area contributed by atoms with Crippen molar-refractivity contribution in [2.24, 2.45) is 0 Å². The fraction of sp³-hybridized carbons (Fsp3) is 0.667. The predicted octanol–water partition coefficient (Wildman–Crippen LogP) is 0.748. The van der Waals surface area contributed by atoms with E-state index in [1.54, 1.807) is 0 Å². The third kappa shape index (κ3) is 8.83. The summed E-state index contributed by atoms with van der Waals surface area (Å²) in [6.07, 6.45) is 0.906. The molecule has 0 heterocycles. The number of ketones is 1. The molecule has 14 heavy (non-hydrogen) atoms. The molecule has 0 spiro atoms. The van der Waals surface area contributed by atoms with Crippen LogP contribution in [0.5, 0.6) is 0 Å². The minimum Gasteiger partial charge on any atom is -0.349 e. The van der Waals surface area contributed by atoms with E-state index >= 15 is 0 Å². The molecule has 1 amide bonds. The molecule has 0 rings (SSSR count). The van der Waals surface area contributed by atoms with Crippen LogP contribution >= 0.6 is 0 Å². The van der Waals surface area contributed by atoms with Crippen molar-refractivity contribution in [1.29, 1.82) is 0 Å². The molecule has 0 aromatic carbocycles. The van der Waals surface area contributed by atoms with Crippen molar-refractivity contribution in [2.75, 3.05) is 6.54 Å². The van der Waals surface area contributed by atoms with Gasteiger partial charge in [-0.25, -0.2) is 0 Å². The van der Waals surface area contributed by atoms with Crippen LogP contribution in [0.4, 0.5) is 4.39 Å². The molecule has 0 saturated carbocycles.